The molecule has 0 saturated heterocycles. The Morgan fingerprint density at radius 1 is 1.44 bits per heavy atom. The fourth-order valence-corrected chi connectivity index (χ4v) is 2.81. The summed E-state index contributed by atoms with van der Waals surface area (Å²) < 4.78 is 10.8. The minimum Gasteiger partial charge on any atom is -0.486 e. The number of aryl methyl sites for hydroxylation is 1. The quantitative estimate of drug-likeness (QED) is 0.782. The van der Waals surface area contributed by atoms with Crippen molar-refractivity contribution >= 4 is 23.6 Å². The number of nitriles is 1. The first-order valence-corrected chi connectivity index (χ1v) is 8.05. The lowest BCUT2D eigenvalue weighted by atomic mass is 10.0. The number of amides is 2. The second-order valence-electron chi connectivity index (χ2n) is 5.43. The van der Waals surface area contributed by atoms with Crippen LogP contribution in [-0.2, 0) is 9.53 Å². The van der Waals surface area contributed by atoms with E-state index in [1.807, 2.05) is 6.07 Å². The minimum atomic E-state index is -0.533. The summed E-state index contributed by atoms with van der Waals surface area (Å²) in [5.74, 6) is -0.183. The maximum absolute atomic E-state index is 12.2. The standard InChI is InChI=1S/C17H18ClN3O4/c1-4-24-16(22)14-10(3)20-17(23)21-13(14)8-25-15-9(2)5-12(18)6-11(15)7-19/h5-6,10H,4,8H2,1-3H3,(H2,20,21,23). The normalized spacial score (nSPS) is 16.6. The number of esters is 1. The van der Waals surface area contributed by atoms with Crippen LogP contribution >= 0.6 is 11.6 Å². The zero-order valence-electron chi connectivity index (χ0n) is 14.1. The summed E-state index contributed by atoms with van der Waals surface area (Å²) in [6.07, 6.45) is 0. The van der Waals surface area contributed by atoms with Crippen molar-refractivity contribution in [1.29, 1.82) is 5.26 Å². The van der Waals surface area contributed by atoms with Crippen LogP contribution in [0.15, 0.2) is 23.4 Å². The number of benzene rings is 1. The molecule has 1 aromatic carbocycles. The van der Waals surface area contributed by atoms with Gasteiger partial charge in [-0.05, 0) is 38.5 Å². The average Bonchev–Trinajstić information content (AvgIpc) is 2.52. The first-order valence-electron chi connectivity index (χ1n) is 7.68. The highest BCUT2D eigenvalue weighted by Crippen LogP contribution is 2.28. The molecule has 1 aromatic rings. The van der Waals surface area contributed by atoms with Gasteiger partial charge in [0, 0.05) is 5.02 Å². The molecule has 2 amide bonds. The summed E-state index contributed by atoms with van der Waals surface area (Å²) in [6, 6.07) is 4.23. The molecule has 1 heterocycles. The summed E-state index contributed by atoms with van der Waals surface area (Å²) in [4.78, 5) is 23.9. The molecule has 1 aliphatic rings. The Morgan fingerprint density at radius 2 is 2.16 bits per heavy atom. The molecule has 8 heteroatoms. The van der Waals surface area contributed by atoms with Gasteiger partial charge >= 0.3 is 12.0 Å². The molecule has 0 radical (unpaired) electrons. The van der Waals surface area contributed by atoms with Crippen molar-refractivity contribution in [2.24, 2.45) is 0 Å². The summed E-state index contributed by atoms with van der Waals surface area (Å²) in [5.41, 5.74) is 1.53. The minimum absolute atomic E-state index is 0.0942. The molecule has 0 fully saturated rings. The Labute approximate surface area is 150 Å². The van der Waals surface area contributed by atoms with Gasteiger partial charge in [0.25, 0.3) is 0 Å². The second kappa shape index (κ2) is 7.90. The lowest BCUT2D eigenvalue weighted by molar-refractivity contribution is -0.139. The highest BCUT2D eigenvalue weighted by Gasteiger charge is 2.30. The van der Waals surface area contributed by atoms with Crippen molar-refractivity contribution in [2.45, 2.75) is 26.8 Å². The predicted octanol–water partition coefficient (Wildman–Crippen LogP) is 2.42. The van der Waals surface area contributed by atoms with E-state index < -0.39 is 18.0 Å². The van der Waals surface area contributed by atoms with Gasteiger partial charge in [-0.3, -0.25) is 0 Å². The summed E-state index contributed by atoms with van der Waals surface area (Å²) in [6.45, 7) is 5.25. The van der Waals surface area contributed by atoms with E-state index in [9.17, 15) is 14.9 Å². The Kier molecular flexibility index (Phi) is 5.88. The third-order valence-electron chi connectivity index (χ3n) is 3.59. The highest BCUT2D eigenvalue weighted by molar-refractivity contribution is 6.30. The van der Waals surface area contributed by atoms with Crippen molar-refractivity contribution in [3.05, 3.63) is 39.6 Å². The Hall–Kier alpha value is -2.72. The van der Waals surface area contributed by atoms with Gasteiger partial charge in [0.1, 0.15) is 18.4 Å². The molecule has 1 aliphatic heterocycles. The van der Waals surface area contributed by atoms with E-state index in [-0.39, 0.29) is 24.4 Å². The number of nitrogens with one attached hydrogen (secondary N) is 2. The first kappa shape index (κ1) is 18.6. The van der Waals surface area contributed by atoms with Crippen molar-refractivity contribution in [3.8, 4) is 11.8 Å². The molecule has 25 heavy (non-hydrogen) atoms. The van der Waals surface area contributed by atoms with E-state index in [1.165, 1.54) is 6.07 Å². The molecule has 0 saturated carbocycles. The number of carbonyl (C=O) groups is 2. The fourth-order valence-electron chi connectivity index (χ4n) is 2.54. The Bertz CT molecular complexity index is 783. The molecule has 1 atom stereocenters. The zero-order valence-corrected chi connectivity index (χ0v) is 14.9. The van der Waals surface area contributed by atoms with Crippen LogP contribution in [0, 0.1) is 18.3 Å². The van der Waals surface area contributed by atoms with Crippen LogP contribution in [-0.4, -0.2) is 31.3 Å². The van der Waals surface area contributed by atoms with E-state index in [2.05, 4.69) is 10.6 Å². The highest BCUT2D eigenvalue weighted by atomic mass is 35.5. The molecule has 0 bridgehead atoms. The van der Waals surface area contributed by atoms with E-state index in [0.717, 1.165) is 0 Å². The van der Waals surface area contributed by atoms with Crippen LogP contribution < -0.4 is 15.4 Å². The molecule has 0 spiro atoms. The number of rotatable bonds is 5. The van der Waals surface area contributed by atoms with Crippen molar-refractivity contribution in [2.75, 3.05) is 13.2 Å². The molecule has 7 nitrogen and oxygen atoms in total. The molecule has 132 valence electrons. The first-order chi connectivity index (χ1) is 11.9. The van der Waals surface area contributed by atoms with Crippen LogP contribution in [0.25, 0.3) is 0 Å². The molecule has 0 aliphatic carbocycles. The SMILES string of the molecule is CCOC(=O)C1=C(COc2c(C)cc(Cl)cc2C#N)NC(=O)NC1C. The molecule has 1 unspecified atom stereocenters. The number of hydrogen-bond acceptors (Lipinski definition) is 5. The third kappa shape index (κ3) is 4.22. The smallest absolute Gasteiger partial charge is 0.338 e. The van der Waals surface area contributed by atoms with E-state index in [1.54, 1.807) is 26.8 Å². The molecular weight excluding hydrogens is 346 g/mol. The van der Waals surface area contributed by atoms with E-state index in [0.29, 0.717) is 22.0 Å². The predicted molar refractivity (Wildman–Crippen MR) is 91.2 cm³/mol. The van der Waals surface area contributed by atoms with E-state index >= 15 is 0 Å². The third-order valence-corrected chi connectivity index (χ3v) is 3.80. The largest absolute Gasteiger partial charge is 0.486 e. The van der Waals surface area contributed by atoms with Gasteiger partial charge < -0.3 is 20.1 Å². The second-order valence-corrected chi connectivity index (χ2v) is 5.87. The van der Waals surface area contributed by atoms with Gasteiger partial charge in [0.2, 0.25) is 0 Å². The van der Waals surface area contributed by atoms with Crippen LogP contribution in [0.1, 0.15) is 25.0 Å². The van der Waals surface area contributed by atoms with Crippen molar-refractivity contribution in [1.82, 2.24) is 10.6 Å². The van der Waals surface area contributed by atoms with Crippen LogP contribution in [0.4, 0.5) is 4.79 Å². The topological polar surface area (TPSA) is 100 Å². The number of ether oxygens (including phenoxy) is 2. The number of hydrogen-bond donors (Lipinski definition) is 2. The molecular formula is C17H18ClN3O4. The Balaban J connectivity index is 2.33. The van der Waals surface area contributed by atoms with Gasteiger partial charge in [-0.2, -0.15) is 5.26 Å². The zero-order chi connectivity index (χ0) is 18.6. The van der Waals surface area contributed by atoms with Gasteiger partial charge in [0.05, 0.1) is 29.5 Å². The van der Waals surface area contributed by atoms with Gasteiger partial charge in [0.15, 0.2) is 0 Å². The number of nitrogens with zero attached hydrogens (tertiary/aromatic N) is 1. The van der Waals surface area contributed by atoms with Gasteiger partial charge in [-0.25, -0.2) is 9.59 Å². The van der Waals surface area contributed by atoms with Gasteiger partial charge in [-0.1, -0.05) is 11.6 Å². The van der Waals surface area contributed by atoms with Crippen LogP contribution in [0.5, 0.6) is 5.75 Å². The van der Waals surface area contributed by atoms with Crippen molar-refractivity contribution in [3.63, 3.8) is 0 Å². The fraction of sp³-hybridized carbons (Fsp3) is 0.353. The van der Waals surface area contributed by atoms with Crippen LogP contribution in [0.2, 0.25) is 5.02 Å². The lowest BCUT2D eigenvalue weighted by Gasteiger charge is -2.26. The summed E-state index contributed by atoms with van der Waals surface area (Å²) >= 11 is 5.94. The maximum Gasteiger partial charge on any atom is 0.338 e. The molecule has 2 N–H and O–H groups in total. The van der Waals surface area contributed by atoms with Crippen LogP contribution in [0.3, 0.4) is 0 Å². The molecule has 2 rings (SSSR count). The summed E-state index contributed by atoms with van der Waals surface area (Å²) in [7, 11) is 0. The summed E-state index contributed by atoms with van der Waals surface area (Å²) in [5, 5.41) is 14.8. The Morgan fingerprint density at radius 3 is 2.80 bits per heavy atom. The number of urea groups is 1. The lowest BCUT2D eigenvalue weighted by Crippen LogP contribution is -2.50. The molecule has 0 aromatic heterocycles. The average molecular weight is 364 g/mol. The maximum atomic E-state index is 12.2. The monoisotopic (exact) mass is 363 g/mol. The number of carbonyl (C=O) groups excluding carboxylic acids is 2. The van der Waals surface area contributed by atoms with Crippen molar-refractivity contribution < 1.29 is 19.1 Å². The number of halogens is 1. The van der Waals surface area contributed by atoms with Gasteiger partial charge in [-0.15, -0.1) is 0 Å². The van der Waals surface area contributed by atoms with E-state index in [4.69, 9.17) is 21.1 Å².